The average molecular weight is 282 g/mol. The van der Waals surface area contributed by atoms with Gasteiger partial charge < -0.3 is 5.32 Å². The first-order valence-electron chi connectivity index (χ1n) is 7.50. The molecule has 1 saturated heterocycles. The summed E-state index contributed by atoms with van der Waals surface area (Å²) in [5, 5.41) is 3.22. The van der Waals surface area contributed by atoms with Gasteiger partial charge in [0.1, 0.15) is 0 Å². The van der Waals surface area contributed by atoms with Crippen LogP contribution < -0.4 is 5.32 Å². The number of rotatable bonds is 3. The lowest BCUT2D eigenvalue weighted by molar-refractivity contribution is -0.140. The molecule has 1 aromatic rings. The van der Waals surface area contributed by atoms with Gasteiger partial charge in [0.15, 0.2) is 0 Å². The zero-order chi connectivity index (χ0) is 14.6. The number of aryl methyl sites for hydroxylation is 1. The molecule has 4 heteroatoms. The van der Waals surface area contributed by atoms with E-state index >= 15 is 0 Å². The molecule has 2 aliphatic carbocycles. The Morgan fingerprint density at radius 3 is 2.33 bits per heavy atom. The molecule has 3 aliphatic rings. The van der Waals surface area contributed by atoms with E-state index in [9.17, 15) is 9.59 Å². The third kappa shape index (κ3) is 1.75. The van der Waals surface area contributed by atoms with Crippen LogP contribution in [0, 0.1) is 30.6 Å². The zero-order valence-electron chi connectivity index (χ0n) is 12.0. The van der Waals surface area contributed by atoms with Crippen LogP contribution in [0.4, 0.5) is 5.69 Å². The van der Waals surface area contributed by atoms with Crippen molar-refractivity contribution in [3.05, 3.63) is 42.0 Å². The van der Waals surface area contributed by atoms with E-state index < -0.39 is 0 Å². The number of nitrogens with one attached hydrogen (secondary N) is 1. The van der Waals surface area contributed by atoms with Crippen molar-refractivity contribution in [1.29, 1.82) is 0 Å². The van der Waals surface area contributed by atoms with Crippen molar-refractivity contribution in [3.8, 4) is 0 Å². The number of fused-ring (bicyclic) bond motifs is 5. The van der Waals surface area contributed by atoms with E-state index in [0.717, 1.165) is 17.7 Å². The van der Waals surface area contributed by atoms with Crippen LogP contribution in [0.15, 0.2) is 36.4 Å². The minimum Gasteiger partial charge on any atom is -0.367 e. The van der Waals surface area contributed by atoms with Crippen molar-refractivity contribution in [3.63, 3.8) is 0 Å². The molecular weight excluding hydrogens is 264 g/mol. The fraction of sp³-hybridized carbons (Fsp3) is 0.412. The number of nitrogens with zero attached hydrogens (tertiary/aromatic N) is 1. The normalized spacial score (nSPS) is 32.9. The number of hydrogen-bond donors (Lipinski definition) is 1. The molecule has 4 atom stereocenters. The first-order chi connectivity index (χ1) is 10.2. The van der Waals surface area contributed by atoms with Gasteiger partial charge in [0.2, 0.25) is 11.8 Å². The van der Waals surface area contributed by atoms with Crippen LogP contribution in [0.5, 0.6) is 0 Å². The van der Waals surface area contributed by atoms with Crippen molar-refractivity contribution in [2.24, 2.45) is 23.7 Å². The van der Waals surface area contributed by atoms with E-state index in [0.29, 0.717) is 0 Å². The molecule has 1 saturated carbocycles. The van der Waals surface area contributed by atoms with Gasteiger partial charge in [-0.3, -0.25) is 14.5 Å². The Morgan fingerprint density at radius 1 is 1.10 bits per heavy atom. The Labute approximate surface area is 123 Å². The van der Waals surface area contributed by atoms with Crippen molar-refractivity contribution in [2.75, 3.05) is 12.0 Å². The van der Waals surface area contributed by atoms with Crippen LogP contribution in [0.1, 0.15) is 12.0 Å². The van der Waals surface area contributed by atoms with Gasteiger partial charge in [0, 0.05) is 5.69 Å². The monoisotopic (exact) mass is 282 g/mol. The number of anilines is 1. The molecule has 21 heavy (non-hydrogen) atoms. The number of hydrogen-bond acceptors (Lipinski definition) is 3. The Balaban J connectivity index is 1.51. The number of imide groups is 1. The molecule has 2 bridgehead atoms. The lowest BCUT2D eigenvalue weighted by Crippen LogP contribution is -2.37. The van der Waals surface area contributed by atoms with Gasteiger partial charge in [0.25, 0.3) is 0 Å². The fourth-order valence-electron chi connectivity index (χ4n) is 4.06. The quantitative estimate of drug-likeness (QED) is 0.683. The molecule has 108 valence electrons. The number of likely N-dealkylation sites (tertiary alicyclic amines) is 1. The summed E-state index contributed by atoms with van der Waals surface area (Å²) in [6.45, 7) is 2.28. The predicted octanol–water partition coefficient (Wildman–Crippen LogP) is 2.17. The highest BCUT2D eigenvalue weighted by Crippen LogP contribution is 2.52. The van der Waals surface area contributed by atoms with Crippen molar-refractivity contribution < 1.29 is 9.59 Å². The van der Waals surface area contributed by atoms with Crippen LogP contribution in [0.2, 0.25) is 0 Å². The van der Waals surface area contributed by atoms with E-state index in [1.807, 2.05) is 31.2 Å². The zero-order valence-corrected chi connectivity index (χ0v) is 12.0. The third-order valence-corrected chi connectivity index (χ3v) is 5.13. The molecule has 2 amide bonds. The summed E-state index contributed by atoms with van der Waals surface area (Å²) in [7, 11) is 0. The SMILES string of the molecule is Cc1ccccc1NCN1C(=O)[C@@H]2[C@@H](C1=O)[C@@H]1C=C[C@@H]2C1. The summed E-state index contributed by atoms with van der Waals surface area (Å²) in [6, 6.07) is 7.89. The molecule has 1 heterocycles. The Hall–Kier alpha value is -2.10. The smallest absolute Gasteiger partial charge is 0.235 e. The molecule has 0 spiro atoms. The summed E-state index contributed by atoms with van der Waals surface area (Å²) >= 11 is 0. The van der Waals surface area contributed by atoms with Gasteiger partial charge in [0.05, 0.1) is 18.5 Å². The highest BCUT2D eigenvalue weighted by molar-refractivity contribution is 6.06. The maximum absolute atomic E-state index is 12.5. The summed E-state index contributed by atoms with van der Waals surface area (Å²) in [6.07, 6.45) is 5.22. The Kier molecular flexibility index (Phi) is 2.67. The van der Waals surface area contributed by atoms with E-state index in [2.05, 4.69) is 17.5 Å². The van der Waals surface area contributed by atoms with Gasteiger partial charge in [-0.15, -0.1) is 0 Å². The summed E-state index contributed by atoms with van der Waals surface area (Å²) < 4.78 is 0. The lowest BCUT2D eigenvalue weighted by Gasteiger charge is -2.19. The van der Waals surface area contributed by atoms with E-state index in [4.69, 9.17) is 0 Å². The number of benzene rings is 1. The van der Waals surface area contributed by atoms with Gasteiger partial charge in [-0.05, 0) is 36.8 Å². The number of allylic oxidation sites excluding steroid dienone is 2. The van der Waals surface area contributed by atoms with Gasteiger partial charge >= 0.3 is 0 Å². The molecule has 1 aliphatic heterocycles. The van der Waals surface area contributed by atoms with Crippen LogP contribution in [0.25, 0.3) is 0 Å². The number of para-hydroxylation sites is 1. The van der Waals surface area contributed by atoms with Crippen molar-refractivity contribution in [1.82, 2.24) is 4.90 Å². The highest BCUT2D eigenvalue weighted by atomic mass is 16.2. The first-order valence-corrected chi connectivity index (χ1v) is 7.50. The van der Waals surface area contributed by atoms with E-state index in [1.165, 1.54) is 4.90 Å². The molecule has 0 radical (unpaired) electrons. The van der Waals surface area contributed by atoms with Crippen molar-refractivity contribution in [2.45, 2.75) is 13.3 Å². The Morgan fingerprint density at radius 2 is 1.71 bits per heavy atom. The number of carbonyl (C=O) groups is 2. The molecule has 2 fully saturated rings. The van der Waals surface area contributed by atoms with Gasteiger partial charge in [-0.1, -0.05) is 30.4 Å². The molecule has 0 unspecified atom stereocenters. The number of amides is 2. The third-order valence-electron chi connectivity index (χ3n) is 5.13. The average Bonchev–Trinajstić information content (AvgIpc) is 3.14. The fourth-order valence-corrected chi connectivity index (χ4v) is 4.06. The summed E-state index contributed by atoms with van der Waals surface area (Å²) in [4.78, 5) is 26.5. The maximum Gasteiger partial charge on any atom is 0.235 e. The van der Waals surface area contributed by atoms with Crippen LogP contribution >= 0.6 is 0 Å². The Bertz CT molecular complexity index is 622. The van der Waals surface area contributed by atoms with Gasteiger partial charge in [-0.2, -0.15) is 0 Å². The topological polar surface area (TPSA) is 49.4 Å². The van der Waals surface area contributed by atoms with Crippen LogP contribution in [-0.4, -0.2) is 23.4 Å². The molecule has 1 aromatic carbocycles. The van der Waals surface area contributed by atoms with Gasteiger partial charge in [-0.25, -0.2) is 0 Å². The van der Waals surface area contributed by atoms with Crippen LogP contribution in [-0.2, 0) is 9.59 Å². The van der Waals surface area contributed by atoms with Crippen LogP contribution in [0.3, 0.4) is 0 Å². The second-order valence-electron chi connectivity index (χ2n) is 6.25. The lowest BCUT2D eigenvalue weighted by atomic mass is 9.85. The molecule has 0 aromatic heterocycles. The van der Waals surface area contributed by atoms with E-state index in [-0.39, 0.29) is 42.2 Å². The molecule has 1 N–H and O–H groups in total. The first kappa shape index (κ1) is 12.6. The largest absolute Gasteiger partial charge is 0.367 e. The highest BCUT2D eigenvalue weighted by Gasteiger charge is 2.59. The van der Waals surface area contributed by atoms with Crippen molar-refractivity contribution >= 4 is 17.5 Å². The molecule has 4 nitrogen and oxygen atoms in total. The predicted molar refractivity (Wildman–Crippen MR) is 79.2 cm³/mol. The second-order valence-corrected chi connectivity index (χ2v) is 6.25. The minimum absolute atomic E-state index is 0.00272. The molecular formula is C17H18N2O2. The summed E-state index contributed by atoms with van der Waals surface area (Å²) in [5.41, 5.74) is 2.08. The maximum atomic E-state index is 12.5. The number of carbonyl (C=O) groups excluding carboxylic acids is 2. The van der Waals surface area contributed by atoms with E-state index in [1.54, 1.807) is 0 Å². The molecule has 4 rings (SSSR count). The standard InChI is InChI=1S/C17H18N2O2/c1-10-4-2-3-5-13(10)18-9-19-16(20)14-11-6-7-12(8-11)15(14)17(19)21/h2-7,11-12,14-15,18H,8-9H2,1H3/t11-,12-,14+,15+/m1/s1. The summed E-state index contributed by atoms with van der Waals surface area (Å²) in [5.74, 6) is 0.350. The second kappa shape index (κ2) is 4.45. The minimum atomic E-state index is -0.105.